The van der Waals surface area contributed by atoms with Gasteiger partial charge in [0.2, 0.25) is 0 Å². The van der Waals surface area contributed by atoms with E-state index in [9.17, 15) is 9.50 Å². The van der Waals surface area contributed by atoms with E-state index in [1.165, 1.54) is 28.2 Å². The van der Waals surface area contributed by atoms with Crippen LogP contribution in [-0.4, -0.2) is 12.2 Å². The van der Waals surface area contributed by atoms with Gasteiger partial charge in [-0.05, 0) is 17.7 Å². The molecule has 0 amide bonds. The second-order valence-corrected chi connectivity index (χ2v) is 8.02. The van der Waals surface area contributed by atoms with Gasteiger partial charge in [0.05, 0.1) is 7.05 Å². The van der Waals surface area contributed by atoms with Gasteiger partial charge in [0.1, 0.15) is 23.5 Å². The van der Waals surface area contributed by atoms with Crippen LogP contribution in [0.25, 0.3) is 0 Å². The minimum absolute atomic E-state index is 0.0275. The van der Waals surface area contributed by atoms with Crippen LogP contribution in [0, 0.1) is 11.7 Å². The van der Waals surface area contributed by atoms with Crippen LogP contribution in [-0.2, 0) is 5.60 Å². The van der Waals surface area contributed by atoms with E-state index < -0.39 is 5.60 Å². The maximum absolute atomic E-state index is 13.5. The van der Waals surface area contributed by atoms with E-state index in [0.717, 1.165) is 5.56 Å². The molecule has 2 nitrogen and oxygen atoms in total. The molecule has 0 aromatic heterocycles. The highest BCUT2D eigenvalue weighted by Crippen LogP contribution is 2.45. The zero-order valence-corrected chi connectivity index (χ0v) is 16.3. The van der Waals surface area contributed by atoms with Gasteiger partial charge < -0.3 is 10.0 Å². The second kappa shape index (κ2) is 7.50. The van der Waals surface area contributed by atoms with Crippen molar-refractivity contribution >= 4 is 0 Å². The molecule has 5 atom stereocenters. The van der Waals surface area contributed by atoms with Crippen LogP contribution in [0.2, 0.25) is 0 Å². The molecule has 4 rings (SSSR count). The zero-order valence-electron chi connectivity index (χ0n) is 16.3. The van der Waals surface area contributed by atoms with Crippen molar-refractivity contribution in [3.63, 3.8) is 0 Å². The van der Waals surface area contributed by atoms with Crippen molar-refractivity contribution in [2.75, 3.05) is 7.05 Å². The van der Waals surface area contributed by atoms with Crippen molar-refractivity contribution in [1.29, 1.82) is 0 Å². The van der Waals surface area contributed by atoms with Gasteiger partial charge in [-0.25, -0.2) is 4.39 Å². The predicted molar refractivity (Wildman–Crippen MR) is 109 cm³/mol. The number of aliphatic hydroxyl groups is 1. The van der Waals surface area contributed by atoms with Crippen LogP contribution >= 0.6 is 0 Å². The summed E-state index contributed by atoms with van der Waals surface area (Å²) in [5, 5.41) is 11.9. The molecular formula is C25H27FNO+. The van der Waals surface area contributed by atoms with Crippen LogP contribution in [0.1, 0.15) is 42.1 Å². The summed E-state index contributed by atoms with van der Waals surface area (Å²) in [5.41, 5.74) is 2.19. The lowest BCUT2D eigenvalue weighted by Gasteiger charge is -2.49. The summed E-state index contributed by atoms with van der Waals surface area (Å²) in [5.74, 6) is -0.307. The number of likely N-dealkylation sites (tertiary alicyclic amines) is 1. The highest BCUT2D eigenvalue weighted by Gasteiger charge is 2.52. The Bertz CT molecular complexity index is 912. The number of benzene rings is 3. The molecule has 0 radical (unpaired) electrons. The Hall–Kier alpha value is -2.49. The Morgan fingerprint density at radius 2 is 1.39 bits per heavy atom. The number of halogens is 1. The summed E-state index contributed by atoms with van der Waals surface area (Å²) in [7, 11) is 2.22. The van der Waals surface area contributed by atoms with E-state index >= 15 is 0 Å². The molecule has 1 fully saturated rings. The topological polar surface area (TPSA) is 24.7 Å². The molecule has 0 spiro atoms. The SMILES string of the molecule is C[C@@H]1[C@@H](c2ccccc2)[NH+](C)[C@H](c2ccccc2)C[C@]1(O)c1ccc(F)cc1. The zero-order chi connectivity index (χ0) is 19.7. The summed E-state index contributed by atoms with van der Waals surface area (Å²) in [6, 6.07) is 27.4. The van der Waals surface area contributed by atoms with Crippen LogP contribution < -0.4 is 4.90 Å². The number of piperidine rings is 1. The smallest absolute Gasteiger partial charge is 0.123 e. The van der Waals surface area contributed by atoms with Crippen molar-refractivity contribution in [2.24, 2.45) is 5.92 Å². The van der Waals surface area contributed by atoms with E-state index in [2.05, 4.69) is 62.5 Å². The Balaban J connectivity index is 1.83. The maximum Gasteiger partial charge on any atom is 0.123 e. The quantitative estimate of drug-likeness (QED) is 0.708. The molecule has 28 heavy (non-hydrogen) atoms. The van der Waals surface area contributed by atoms with Gasteiger partial charge >= 0.3 is 0 Å². The maximum atomic E-state index is 13.5. The molecule has 2 N–H and O–H groups in total. The van der Waals surface area contributed by atoms with Crippen molar-refractivity contribution < 1.29 is 14.4 Å². The van der Waals surface area contributed by atoms with Gasteiger partial charge in [-0.15, -0.1) is 0 Å². The molecule has 1 aliphatic rings. The Labute approximate surface area is 166 Å². The lowest BCUT2D eigenvalue weighted by molar-refractivity contribution is -0.957. The van der Waals surface area contributed by atoms with Gasteiger partial charge in [0.15, 0.2) is 0 Å². The Morgan fingerprint density at radius 1 is 0.857 bits per heavy atom. The molecule has 3 aromatic rings. The number of hydrogen-bond donors (Lipinski definition) is 2. The van der Waals surface area contributed by atoms with E-state index in [1.807, 2.05) is 12.1 Å². The molecule has 1 heterocycles. The Kier molecular flexibility index (Phi) is 5.05. The number of rotatable bonds is 3. The largest absolute Gasteiger partial charge is 0.384 e. The first-order valence-corrected chi connectivity index (χ1v) is 9.92. The molecule has 1 unspecified atom stereocenters. The number of quaternary nitrogens is 1. The lowest BCUT2D eigenvalue weighted by Crippen LogP contribution is -3.12. The highest BCUT2D eigenvalue weighted by molar-refractivity contribution is 5.29. The molecular weight excluding hydrogens is 349 g/mol. The third-order valence-electron chi connectivity index (χ3n) is 6.51. The Morgan fingerprint density at radius 3 is 1.96 bits per heavy atom. The summed E-state index contributed by atoms with van der Waals surface area (Å²) in [6.45, 7) is 2.12. The minimum Gasteiger partial charge on any atom is -0.384 e. The third kappa shape index (κ3) is 3.25. The van der Waals surface area contributed by atoms with Gasteiger partial charge in [0.25, 0.3) is 0 Å². The van der Waals surface area contributed by atoms with E-state index in [-0.39, 0.29) is 23.8 Å². The summed E-state index contributed by atoms with van der Waals surface area (Å²) in [6.07, 6.45) is 0.596. The minimum atomic E-state index is -1.03. The highest BCUT2D eigenvalue weighted by atomic mass is 19.1. The second-order valence-electron chi connectivity index (χ2n) is 8.02. The van der Waals surface area contributed by atoms with Crippen molar-refractivity contribution in [3.8, 4) is 0 Å². The molecule has 3 heteroatoms. The fourth-order valence-electron chi connectivity index (χ4n) is 4.94. The average molecular weight is 376 g/mol. The first-order valence-electron chi connectivity index (χ1n) is 9.92. The molecule has 0 aliphatic carbocycles. The van der Waals surface area contributed by atoms with Gasteiger partial charge in [0, 0.05) is 23.5 Å². The first kappa shape index (κ1) is 18.9. The third-order valence-corrected chi connectivity index (χ3v) is 6.51. The predicted octanol–water partition coefficient (Wildman–Crippen LogP) is 4.05. The molecule has 1 aliphatic heterocycles. The average Bonchev–Trinajstić information content (AvgIpc) is 2.73. The van der Waals surface area contributed by atoms with Crippen LogP contribution in [0.15, 0.2) is 84.9 Å². The summed E-state index contributed by atoms with van der Waals surface area (Å²) < 4.78 is 13.5. The molecule has 144 valence electrons. The van der Waals surface area contributed by atoms with Crippen molar-refractivity contribution in [1.82, 2.24) is 0 Å². The van der Waals surface area contributed by atoms with Gasteiger partial charge in [-0.1, -0.05) is 79.7 Å². The number of hydrogen-bond acceptors (Lipinski definition) is 1. The molecule has 1 saturated heterocycles. The number of nitrogens with one attached hydrogen (secondary N) is 1. The summed E-state index contributed by atoms with van der Waals surface area (Å²) in [4.78, 5) is 1.37. The van der Waals surface area contributed by atoms with Crippen LogP contribution in [0.4, 0.5) is 4.39 Å². The van der Waals surface area contributed by atoms with E-state index in [4.69, 9.17) is 0 Å². The fraction of sp³-hybridized carbons (Fsp3) is 0.280. The molecule has 3 aromatic carbocycles. The normalized spacial score (nSPS) is 30.1. The summed E-state index contributed by atoms with van der Waals surface area (Å²) >= 11 is 0. The van der Waals surface area contributed by atoms with Crippen LogP contribution in [0.5, 0.6) is 0 Å². The van der Waals surface area contributed by atoms with Crippen LogP contribution in [0.3, 0.4) is 0 Å². The molecule has 0 saturated carbocycles. The van der Waals surface area contributed by atoms with Gasteiger partial charge in [-0.2, -0.15) is 0 Å². The van der Waals surface area contributed by atoms with Gasteiger partial charge in [-0.3, -0.25) is 0 Å². The standard InChI is InChI=1S/C25H26FNO/c1-18-24(20-11-7-4-8-12-20)27(2)23(19-9-5-3-6-10-19)17-25(18,28)21-13-15-22(26)16-14-21/h3-16,18,23-24,28H,17H2,1-2H3/p+1/t18-,23+,24+,25-/m1/s1. The molecule has 0 bridgehead atoms. The van der Waals surface area contributed by atoms with E-state index in [0.29, 0.717) is 6.42 Å². The van der Waals surface area contributed by atoms with E-state index in [1.54, 1.807) is 12.1 Å². The fourth-order valence-corrected chi connectivity index (χ4v) is 4.94. The monoisotopic (exact) mass is 376 g/mol. The van der Waals surface area contributed by atoms with Crippen molar-refractivity contribution in [3.05, 3.63) is 107 Å². The lowest BCUT2D eigenvalue weighted by atomic mass is 9.68. The first-order chi connectivity index (χ1) is 13.5. The van der Waals surface area contributed by atoms with Crippen molar-refractivity contribution in [2.45, 2.75) is 31.0 Å².